The molecule has 9 N–H and O–H groups in total. The van der Waals surface area contributed by atoms with Crippen LogP contribution in [-0.4, -0.2) is 78.8 Å². The van der Waals surface area contributed by atoms with Gasteiger partial charge in [0.1, 0.15) is 18.0 Å². The molecule has 3 atom stereocenters. The molecular formula is C20H27N11O5S3. The summed E-state index contributed by atoms with van der Waals surface area (Å²) < 4.78 is 5.61. The third-order valence-electron chi connectivity index (χ3n) is 6.10. The molecule has 210 valence electrons. The normalized spacial score (nSPS) is 22.7. The second-order valence-corrected chi connectivity index (χ2v) is 11.4. The number of oxime groups is 1. The Hall–Kier alpha value is -3.58. The maximum Gasteiger partial charge on any atom is 0.301 e. The van der Waals surface area contributed by atoms with Crippen LogP contribution >= 0.6 is 35.1 Å². The Morgan fingerprint density at radius 1 is 1.31 bits per heavy atom. The number of hydrogen-bond acceptors (Lipinski definition) is 16. The van der Waals surface area contributed by atoms with Crippen LogP contribution in [0.15, 0.2) is 10.3 Å². The van der Waals surface area contributed by atoms with Gasteiger partial charge in [0, 0.05) is 35.0 Å². The third-order valence-corrected chi connectivity index (χ3v) is 9.50. The van der Waals surface area contributed by atoms with Crippen molar-refractivity contribution in [2.24, 2.45) is 10.6 Å². The Morgan fingerprint density at radius 3 is 2.67 bits per heavy atom. The van der Waals surface area contributed by atoms with Crippen molar-refractivity contribution in [1.29, 1.82) is 0 Å². The van der Waals surface area contributed by atoms with Crippen LogP contribution in [0.3, 0.4) is 0 Å². The van der Waals surface area contributed by atoms with E-state index in [9.17, 15) is 19.5 Å². The molecule has 2 amide bonds. The van der Waals surface area contributed by atoms with E-state index in [0.717, 1.165) is 23.3 Å². The molecular weight excluding hydrogens is 570 g/mol. The highest BCUT2D eigenvalue weighted by molar-refractivity contribution is 8.00. The molecule has 0 aromatic carbocycles. The van der Waals surface area contributed by atoms with Gasteiger partial charge in [-0.1, -0.05) is 21.9 Å². The van der Waals surface area contributed by atoms with Crippen molar-refractivity contribution in [2.75, 3.05) is 47.6 Å². The molecule has 4 heterocycles. The van der Waals surface area contributed by atoms with E-state index in [1.807, 2.05) is 6.92 Å². The van der Waals surface area contributed by atoms with Crippen molar-refractivity contribution in [3.63, 3.8) is 0 Å². The first-order chi connectivity index (χ1) is 18.5. The van der Waals surface area contributed by atoms with Gasteiger partial charge in [-0.25, -0.2) is 4.57 Å². The van der Waals surface area contributed by atoms with E-state index in [1.165, 1.54) is 16.7 Å². The number of carbonyl (C=O) groups excluding carboxylic acids is 3. The van der Waals surface area contributed by atoms with E-state index < -0.39 is 34.6 Å². The van der Waals surface area contributed by atoms with Crippen LogP contribution in [0.1, 0.15) is 19.7 Å². The Balaban J connectivity index is 1.47. The number of aromatic nitrogens is 4. The topological polar surface area (TPSA) is 258 Å². The summed E-state index contributed by atoms with van der Waals surface area (Å²) in [6.07, 6.45) is 0. The summed E-state index contributed by atoms with van der Waals surface area (Å²) in [4.78, 5) is 52.9. The van der Waals surface area contributed by atoms with E-state index in [2.05, 4.69) is 24.8 Å². The SMILES string of the molecule is CCON=C(C(=O)NC1C(=O)N2CC(CSc3nc(N)c(N)c(N)[n+]3CC)(C(=O)[O-])CS[C@H]12)c1nsc(N)n1. The number of β-lactam (4-membered cyclic amide) rings is 1. The number of rotatable bonds is 10. The van der Waals surface area contributed by atoms with Crippen LogP contribution in [0.5, 0.6) is 0 Å². The second-order valence-electron chi connectivity index (χ2n) is 8.61. The van der Waals surface area contributed by atoms with E-state index >= 15 is 0 Å². The Labute approximate surface area is 235 Å². The Morgan fingerprint density at radius 2 is 2.05 bits per heavy atom. The first-order valence-corrected chi connectivity index (χ1v) is 14.4. The van der Waals surface area contributed by atoms with Gasteiger partial charge in [0.2, 0.25) is 29.1 Å². The zero-order valence-corrected chi connectivity index (χ0v) is 23.4. The highest BCUT2D eigenvalue weighted by Crippen LogP contribution is 2.44. The van der Waals surface area contributed by atoms with Crippen molar-refractivity contribution in [3.8, 4) is 0 Å². The second kappa shape index (κ2) is 11.3. The third kappa shape index (κ3) is 5.33. The number of carbonyl (C=O) groups is 3. The van der Waals surface area contributed by atoms with Crippen molar-refractivity contribution in [1.82, 2.24) is 24.6 Å². The molecule has 0 aliphatic carbocycles. The molecule has 2 saturated heterocycles. The lowest BCUT2D eigenvalue weighted by Crippen LogP contribution is -2.75. The van der Waals surface area contributed by atoms with Crippen LogP contribution in [0.4, 0.5) is 22.5 Å². The average molecular weight is 598 g/mol. The number of nitrogens with one attached hydrogen (secondary N) is 1. The molecule has 0 bridgehead atoms. The molecule has 2 fully saturated rings. The largest absolute Gasteiger partial charge is 0.549 e. The van der Waals surface area contributed by atoms with Gasteiger partial charge in [0.15, 0.2) is 10.8 Å². The van der Waals surface area contributed by atoms with Gasteiger partial charge in [-0.05, 0) is 13.8 Å². The highest BCUT2D eigenvalue weighted by Gasteiger charge is 2.56. The molecule has 16 nitrogen and oxygen atoms in total. The van der Waals surface area contributed by atoms with E-state index in [1.54, 1.807) is 11.5 Å². The summed E-state index contributed by atoms with van der Waals surface area (Å²) in [6, 6.07) is -0.904. The van der Waals surface area contributed by atoms with Crippen molar-refractivity contribution in [2.45, 2.75) is 37.0 Å². The molecule has 2 aromatic heterocycles. The van der Waals surface area contributed by atoms with Crippen LogP contribution in [0, 0.1) is 5.41 Å². The standard InChI is InChI=1S/C20H27N11O5S3/c1-3-30-12(23)8(21)11(22)26-19(30)38-7-20(17(34)35)5-31-15(33)10(16(31)37-6-20)25-14(32)9(28-36-4-2)13-27-18(24)39-29-13/h10,16H,3-7H2,1-2H3,(H9,21,22,23,24,25,27,28,29,32,34,35)/t10?,16-,20?/m1/s1. The van der Waals surface area contributed by atoms with Crippen molar-refractivity contribution in [3.05, 3.63) is 5.82 Å². The van der Waals surface area contributed by atoms with Crippen LogP contribution < -0.4 is 37.9 Å². The number of carboxylic acid groups (broad SMARTS) is 1. The minimum Gasteiger partial charge on any atom is -0.549 e. The van der Waals surface area contributed by atoms with Crippen LogP contribution in [-0.2, 0) is 25.8 Å². The molecule has 2 aromatic rings. The number of hydrogen-bond donors (Lipinski definition) is 5. The fourth-order valence-electron chi connectivity index (χ4n) is 3.97. The summed E-state index contributed by atoms with van der Waals surface area (Å²) in [5, 5.41) is 18.8. The fourth-order valence-corrected chi connectivity index (χ4v) is 7.34. The number of nitrogens with two attached hydrogens (primary N) is 4. The van der Waals surface area contributed by atoms with Crippen molar-refractivity contribution >= 4 is 81.0 Å². The smallest absolute Gasteiger partial charge is 0.301 e. The Kier molecular flexibility index (Phi) is 8.21. The Bertz CT molecular complexity index is 1340. The quantitative estimate of drug-likeness (QED) is 0.0464. The van der Waals surface area contributed by atoms with Gasteiger partial charge in [0.05, 0.1) is 12.5 Å². The minimum absolute atomic E-state index is 0.0294. The maximum atomic E-state index is 13.0. The first-order valence-electron chi connectivity index (χ1n) is 11.6. The maximum absolute atomic E-state index is 13.0. The van der Waals surface area contributed by atoms with Gasteiger partial charge >= 0.3 is 5.16 Å². The number of nitrogen functional groups attached to an aromatic ring is 4. The molecule has 39 heavy (non-hydrogen) atoms. The number of anilines is 4. The van der Waals surface area contributed by atoms with Gasteiger partial charge in [-0.15, -0.1) is 11.8 Å². The lowest BCUT2D eigenvalue weighted by atomic mass is 9.89. The number of carboxylic acids is 1. The van der Waals surface area contributed by atoms with Gasteiger partial charge in [-0.2, -0.15) is 9.36 Å². The number of amides is 2. The predicted molar refractivity (Wildman–Crippen MR) is 144 cm³/mol. The first kappa shape index (κ1) is 28.4. The summed E-state index contributed by atoms with van der Waals surface area (Å²) in [5.41, 5.74) is 21.9. The molecule has 0 radical (unpaired) electrons. The lowest BCUT2D eigenvalue weighted by Gasteiger charge is -2.55. The summed E-state index contributed by atoms with van der Waals surface area (Å²) in [7, 11) is 0. The zero-order chi connectivity index (χ0) is 28.5. The van der Waals surface area contributed by atoms with Crippen molar-refractivity contribution < 1.29 is 28.9 Å². The summed E-state index contributed by atoms with van der Waals surface area (Å²) >= 11 is 3.24. The molecule has 0 saturated carbocycles. The van der Waals surface area contributed by atoms with Gasteiger partial charge in [-0.3, -0.25) is 9.59 Å². The molecule has 0 spiro atoms. The number of aliphatic carboxylic acids is 1. The molecule has 2 aliphatic heterocycles. The van der Waals surface area contributed by atoms with E-state index in [0.29, 0.717) is 11.7 Å². The van der Waals surface area contributed by atoms with E-state index in [4.69, 9.17) is 27.8 Å². The number of fused-ring (bicyclic) bond motifs is 1. The molecule has 19 heteroatoms. The number of nitrogens with zero attached hydrogens (tertiary/aromatic N) is 6. The molecule has 2 aliphatic rings. The average Bonchev–Trinajstić information content (AvgIpc) is 3.34. The van der Waals surface area contributed by atoms with Gasteiger partial charge in [0.25, 0.3) is 5.91 Å². The summed E-state index contributed by atoms with van der Waals surface area (Å²) in [5.74, 6) is -2.07. The van der Waals surface area contributed by atoms with Crippen LogP contribution in [0.25, 0.3) is 0 Å². The monoisotopic (exact) mass is 597 g/mol. The van der Waals surface area contributed by atoms with Crippen LogP contribution in [0.2, 0.25) is 0 Å². The lowest BCUT2D eigenvalue weighted by molar-refractivity contribution is -0.719. The van der Waals surface area contributed by atoms with Gasteiger partial charge < -0.3 is 47.9 Å². The highest BCUT2D eigenvalue weighted by atomic mass is 32.2. The summed E-state index contributed by atoms with van der Waals surface area (Å²) in [6.45, 7) is 4.04. The minimum atomic E-state index is -1.39. The molecule has 4 rings (SSSR count). The fraction of sp³-hybridized carbons (Fsp3) is 0.500. The molecule has 2 unspecified atom stereocenters. The number of thioether (sulfide) groups is 2. The van der Waals surface area contributed by atoms with E-state index in [-0.39, 0.29) is 58.6 Å². The predicted octanol–water partition coefficient (Wildman–Crippen LogP) is -2.76. The zero-order valence-electron chi connectivity index (χ0n) is 20.9.